The Bertz CT molecular complexity index is 762. The predicted octanol–water partition coefficient (Wildman–Crippen LogP) is 5.77. The molecule has 0 aliphatic heterocycles. The van der Waals surface area contributed by atoms with Crippen LogP contribution in [0.3, 0.4) is 0 Å². The van der Waals surface area contributed by atoms with Crippen LogP contribution < -0.4 is 4.74 Å². The molecule has 2 N–H and O–H groups in total. The van der Waals surface area contributed by atoms with E-state index in [1.807, 2.05) is 26.8 Å². The largest absolute Gasteiger partial charge is 0.507 e. The van der Waals surface area contributed by atoms with Gasteiger partial charge in [-0.15, -0.1) is 0 Å². The lowest BCUT2D eigenvalue weighted by Crippen LogP contribution is -2.00. The number of hydrogen-bond donors (Lipinski definition) is 2. The van der Waals surface area contributed by atoms with Crippen molar-refractivity contribution >= 4 is 37.8 Å². The van der Waals surface area contributed by atoms with Crippen LogP contribution in [0.1, 0.15) is 36.5 Å². The number of aromatic hydroxyl groups is 1. The third-order valence-electron chi connectivity index (χ3n) is 3.56. The van der Waals surface area contributed by atoms with E-state index in [-0.39, 0.29) is 18.1 Å². The van der Waals surface area contributed by atoms with Gasteiger partial charge in [0.1, 0.15) is 11.5 Å². The fraction of sp³-hybridized carbons (Fsp3) is 0.278. The molecule has 0 saturated carbocycles. The Kier molecular flexibility index (Phi) is 5.93. The molecule has 2 rings (SSSR count). The zero-order valence-electron chi connectivity index (χ0n) is 13.6. The van der Waals surface area contributed by atoms with Gasteiger partial charge in [0.05, 0.1) is 15.4 Å². The molecule has 0 atom stereocenters. The summed E-state index contributed by atoms with van der Waals surface area (Å²) in [6.45, 7) is 5.84. The van der Waals surface area contributed by atoms with Crippen molar-refractivity contribution in [3.05, 3.63) is 49.9 Å². The third-order valence-corrected chi connectivity index (χ3v) is 4.74. The number of phenolic OH excluding ortho intramolecular Hbond substituents is 1. The van der Waals surface area contributed by atoms with E-state index in [0.29, 0.717) is 26.0 Å². The summed E-state index contributed by atoms with van der Waals surface area (Å²) in [6.07, 6.45) is -0.0622. The average molecular weight is 458 g/mol. The van der Waals surface area contributed by atoms with Gasteiger partial charge in [-0.1, -0.05) is 13.8 Å². The molecule has 24 heavy (non-hydrogen) atoms. The van der Waals surface area contributed by atoms with Gasteiger partial charge in [-0.25, -0.2) is 0 Å². The second kappa shape index (κ2) is 7.57. The van der Waals surface area contributed by atoms with Gasteiger partial charge in [-0.3, -0.25) is 4.79 Å². The number of benzene rings is 2. The first kappa shape index (κ1) is 18.8. The second-order valence-corrected chi connectivity index (χ2v) is 7.60. The number of hydrogen-bond acceptors (Lipinski definition) is 3. The normalized spacial score (nSPS) is 10.9. The van der Waals surface area contributed by atoms with E-state index < -0.39 is 5.97 Å². The predicted molar refractivity (Wildman–Crippen MR) is 100 cm³/mol. The standard InChI is InChI=1S/C18H18Br2O4/c1-9(2)13-8-12(4-10(3)17(13)23)24-18-14(19)5-11(6-15(18)20)7-16(21)22/h4-6,8-9,23H,7H2,1-3H3,(H,21,22). The molecule has 0 amide bonds. The number of halogens is 2. The Morgan fingerprint density at radius 2 is 1.75 bits per heavy atom. The molecule has 4 nitrogen and oxygen atoms in total. The second-order valence-electron chi connectivity index (χ2n) is 5.89. The van der Waals surface area contributed by atoms with Gasteiger partial charge in [0.25, 0.3) is 0 Å². The van der Waals surface area contributed by atoms with E-state index in [1.54, 1.807) is 18.2 Å². The molecule has 0 aromatic heterocycles. The van der Waals surface area contributed by atoms with Gasteiger partial charge in [0, 0.05) is 5.56 Å². The molecule has 128 valence electrons. The lowest BCUT2D eigenvalue weighted by Gasteiger charge is -2.16. The van der Waals surface area contributed by atoms with Crippen LogP contribution in [0.25, 0.3) is 0 Å². The Morgan fingerprint density at radius 3 is 2.25 bits per heavy atom. The van der Waals surface area contributed by atoms with Crippen LogP contribution in [0.4, 0.5) is 0 Å². The first-order valence-corrected chi connectivity index (χ1v) is 8.98. The summed E-state index contributed by atoms with van der Waals surface area (Å²) in [5, 5.41) is 19.1. The zero-order chi connectivity index (χ0) is 18.0. The maximum atomic E-state index is 10.9. The van der Waals surface area contributed by atoms with Crippen LogP contribution in [-0.4, -0.2) is 16.2 Å². The van der Waals surface area contributed by atoms with Crippen LogP contribution in [0, 0.1) is 6.92 Å². The molecule has 0 unspecified atom stereocenters. The molecular weight excluding hydrogens is 440 g/mol. The highest BCUT2D eigenvalue weighted by Crippen LogP contribution is 2.40. The van der Waals surface area contributed by atoms with Crippen molar-refractivity contribution < 1.29 is 19.7 Å². The Balaban J connectivity index is 2.40. The van der Waals surface area contributed by atoms with Crippen LogP contribution in [-0.2, 0) is 11.2 Å². The Hall–Kier alpha value is -1.53. The van der Waals surface area contributed by atoms with Crippen molar-refractivity contribution in [1.82, 2.24) is 0 Å². The lowest BCUT2D eigenvalue weighted by atomic mass is 9.99. The number of carboxylic acid groups (broad SMARTS) is 1. The van der Waals surface area contributed by atoms with Gasteiger partial charge >= 0.3 is 5.97 Å². The maximum Gasteiger partial charge on any atom is 0.307 e. The highest BCUT2D eigenvalue weighted by molar-refractivity contribution is 9.11. The summed E-state index contributed by atoms with van der Waals surface area (Å²) in [7, 11) is 0. The molecule has 0 fully saturated rings. The quantitative estimate of drug-likeness (QED) is 0.598. The van der Waals surface area contributed by atoms with Crippen LogP contribution >= 0.6 is 31.9 Å². The third kappa shape index (κ3) is 4.30. The van der Waals surface area contributed by atoms with Crippen molar-refractivity contribution in [1.29, 1.82) is 0 Å². The molecule has 6 heteroatoms. The van der Waals surface area contributed by atoms with Crippen LogP contribution in [0.2, 0.25) is 0 Å². The SMILES string of the molecule is Cc1cc(Oc2c(Br)cc(CC(=O)O)cc2Br)cc(C(C)C)c1O. The van der Waals surface area contributed by atoms with Crippen molar-refractivity contribution in [2.75, 3.05) is 0 Å². The van der Waals surface area contributed by atoms with Gasteiger partial charge < -0.3 is 14.9 Å². The smallest absolute Gasteiger partial charge is 0.307 e. The monoisotopic (exact) mass is 456 g/mol. The minimum atomic E-state index is -0.891. The van der Waals surface area contributed by atoms with Gasteiger partial charge in [0.2, 0.25) is 0 Å². The van der Waals surface area contributed by atoms with Crippen molar-refractivity contribution in [3.8, 4) is 17.2 Å². The van der Waals surface area contributed by atoms with E-state index >= 15 is 0 Å². The fourth-order valence-electron chi connectivity index (χ4n) is 2.38. The van der Waals surface area contributed by atoms with Crippen LogP contribution in [0.15, 0.2) is 33.2 Å². The van der Waals surface area contributed by atoms with E-state index in [1.165, 1.54) is 0 Å². The van der Waals surface area contributed by atoms with Gasteiger partial charge in [0.15, 0.2) is 5.75 Å². The van der Waals surface area contributed by atoms with E-state index in [0.717, 1.165) is 11.1 Å². The van der Waals surface area contributed by atoms with Crippen LogP contribution in [0.5, 0.6) is 17.2 Å². The van der Waals surface area contributed by atoms with Crippen molar-refractivity contribution in [3.63, 3.8) is 0 Å². The molecule has 2 aromatic rings. The summed E-state index contributed by atoms with van der Waals surface area (Å²) >= 11 is 6.86. The number of aliphatic carboxylic acids is 1. The lowest BCUT2D eigenvalue weighted by molar-refractivity contribution is -0.136. The molecule has 0 spiro atoms. The highest BCUT2D eigenvalue weighted by atomic mass is 79.9. The summed E-state index contributed by atoms with van der Waals surface area (Å²) < 4.78 is 7.29. The molecule has 0 heterocycles. The zero-order valence-corrected chi connectivity index (χ0v) is 16.7. The van der Waals surface area contributed by atoms with E-state index in [4.69, 9.17) is 9.84 Å². The molecule has 0 saturated heterocycles. The summed E-state index contributed by atoms with van der Waals surface area (Å²) in [6, 6.07) is 7.04. The number of rotatable bonds is 5. The van der Waals surface area contributed by atoms with Crippen molar-refractivity contribution in [2.24, 2.45) is 0 Å². The molecule has 2 aromatic carbocycles. The maximum absolute atomic E-state index is 10.9. The summed E-state index contributed by atoms with van der Waals surface area (Å²) in [5.41, 5.74) is 2.23. The average Bonchev–Trinajstić information content (AvgIpc) is 2.45. The van der Waals surface area contributed by atoms with E-state index in [2.05, 4.69) is 31.9 Å². The Labute approximate surface area is 157 Å². The number of ether oxygens (including phenoxy) is 1. The molecule has 0 bridgehead atoms. The minimum absolute atomic E-state index is 0.0622. The minimum Gasteiger partial charge on any atom is -0.507 e. The molecule has 0 aliphatic carbocycles. The number of phenols is 1. The topological polar surface area (TPSA) is 66.8 Å². The van der Waals surface area contributed by atoms with Crippen molar-refractivity contribution in [2.45, 2.75) is 33.1 Å². The fourth-order valence-corrected chi connectivity index (χ4v) is 3.82. The Morgan fingerprint density at radius 1 is 1.17 bits per heavy atom. The first-order chi connectivity index (χ1) is 11.2. The van der Waals surface area contributed by atoms with E-state index in [9.17, 15) is 9.90 Å². The first-order valence-electron chi connectivity index (χ1n) is 7.40. The highest BCUT2D eigenvalue weighted by Gasteiger charge is 2.15. The van der Waals surface area contributed by atoms with Gasteiger partial charge in [-0.05, 0) is 80.1 Å². The molecule has 0 radical (unpaired) electrons. The molecule has 0 aliphatic rings. The molecular formula is C18H18Br2O4. The summed E-state index contributed by atoms with van der Waals surface area (Å²) in [5.74, 6) is 0.730. The van der Waals surface area contributed by atoms with Gasteiger partial charge in [-0.2, -0.15) is 0 Å². The summed E-state index contributed by atoms with van der Waals surface area (Å²) in [4.78, 5) is 10.9. The number of carboxylic acids is 1. The number of carbonyl (C=O) groups is 1. The number of aryl methyl sites for hydroxylation is 1.